The zero-order valence-corrected chi connectivity index (χ0v) is 11.5. The lowest BCUT2D eigenvalue weighted by Crippen LogP contribution is -2.31. The van der Waals surface area contributed by atoms with Crippen LogP contribution in [0.25, 0.3) is 0 Å². The van der Waals surface area contributed by atoms with Crippen LogP contribution in [0.1, 0.15) is 49.6 Å². The van der Waals surface area contributed by atoms with Crippen molar-refractivity contribution in [1.29, 1.82) is 0 Å². The lowest BCUT2D eigenvalue weighted by molar-refractivity contribution is -0.120. The number of nitrogens with one attached hydrogen (secondary N) is 3. The van der Waals surface area contributed by atoms with Gasteiger partial charge in [-0.15, -0.1) is 5.10 Å². The quantitative estimate of drug-likeness (QED) is 0.635. The number of hydrogen-bond donors (Lipinski definition) is 3. The molecule has 0 unspecified atom stereocenters. The smallest absolute Gasteiger partial charge is 0.290 e. The minimum Gasteiger partial charge on any atom is -0.356 e. The predicted octanol–water partition coefficient (Wildman–Crippen LogP) is 0.403. The number of carbonyl (C=O) groups excluding carboxylic acids is 2. The van der Waals surface area contributed by atoms with E-state index in [2.05, 4.69) is 25.8 Å². The molecule has 0 aliphatic heterocycles. The van der Waals surface area contributed by atoms with Crippen molar-refractivity contribution in [3.63, 3.8) is 0 Å². The molecule has 0 aliphatic rings. The van der Waals surface area contributed by atoms with Crippen molar-refractivity contribution >= 4 is 11.8 Å². The first-order chi connectivity index (χ1) is 9.17. The minimum atomic E-state index is -0.359. The zero-order chi connectivity index (χ0) is 14.1. The van der Waals surface area contributed by atoms with E-state index in [-0.39, 0.29) is 30.6 Å². The highest BCUT2D eigenvalue weighted by Gasteiger charge is 2.12. The van der Waals surface area contributed by atoms with Gasteiger partial charge < -0.3 is 10.6 Å². The summed E-state index contributed by atoms with van der Waals surface area (Å²) >= 11 is 0. The first-order valence-electron chi connectivity index (χ1n) is 6.63. The Morgan fingerprint density at radius 3 is 2.63 bits per heavy atom. The molecule has 1 heterocycles. The van der Waals surface area contributed by atoms with Crippen LogP contribution in [0.15, 0.2) is 0 Å². The molecule has 0 bridgehead atoms. The second-order valence-corrected chi connectivity index (χ2v) is 4.21. The van der Waals surface area contributed by atoms with E-state index in [0.29, 0.717) is 12.4 Å². The van der Waals surface area contributed by atoms with Crippen molar-refractivity contribution in [1.82, 2.24) is 25.8 Å². The summed E-state index contributed by atoms with van der Waals surface area (Å²) in [5, 5.41) is 11.9. The van der Waals surface area contributed by atoms with E-state index in [1.54, 1.807) is 0 Å². The number of nitrogens with zero attached hydrogens (tertiary/aromatic N) is 2. The number of amides is 2. The fourth-order valence-electron chi connectivity index (χ4n) is 1.47. The van der Waals surface area contributed by atoms with Gasteiger partial charge in [0.05, 0.1) is 0 Å². The average Bonchev–Trinajstić information content (AvgIpc) is 2.85. The van der Waals surface area contributed by atoms with Crippen molar-refractivity contribution in [3.05, 3.63) is 11.6 Å². The molecule has 0 saturated heterocycles. The maximum Gasteiger partial charge on any atom is 0.290 e. The maximum absolute atomic E-state index is 11.7. The highest BCUT2D eigenvalue weighted by Crippen LogP contribution is 1.96. The fourth-order valence-corrected chi connectivity index (χ4v) is 1.47. The molecule has 1 aromatic rings. The van der Waals surface area contributed by atoms with Crippen LogP contribution < -0.4 is 10.6 Å². The molecule has 3 N–H and O–H groups in total. The van der Waals surface area contributed by atoms with E-state index >= 15 is 0 Å². The molecular weight excluding hydrogens is 246 g/mol. The Hall–Kier alpha value is -1.92. The molecule has 1 rings (SSSR count). The Morgan fingerprint density at radius 1 is 1.16 bits per heavy atom. The normalized spacial score (nSPS) is 10.2. The zero-order valence-electron chi connectivity index (χ0n) is 11.5. The van der Waals surface area contributed by atoms with Crippen molar-refractivity contribution < 1.29 is 9.59 Å². The Kier molecular flexibility index (Phi) is 6.56. The molecule has 0 saturated carbocycles. The molecule has 0 spiro atoms. The summed E-state index contributed by atoms with van der Waals surface area (Å²) in [5.74, 6) is 0.399. The number of carbonyl (C=O) groups is 2. The van der Waals surface area contributed by atoms with Crippen molar-refractivity contribution in [2.24, 2.45) is 0 Å². The molecule has 7 nitrogen and oxygen atoms in total. The summed E-state index contributed by atoms with van der Waals surface area (Å²) in [5.41, 5.74) is 0. The summed E-state index contributed by atoms with van der Waals surface area (Å²) in [7, 11) is 0. The van der Waals surface area contributed by atoms with Gasteiger partial charge in [0, 0.05) is 25.9 Å². The molecule has 0 radical (unpaired) electrons. The average molecular weight is 267 g/mol. The van der Waals surface area contributed by atoms with Crippen molar-refractivity contribution in [3.8, 4) is 0 Å². The molecule has 0 atom stereocenters. The van der Waals surface area contributed by atoms with Gasteiger partial charge in [0.1, 0.15) is 5.82 Å². The molecule has 0 aliphatic carbocycles. The summed E-state index contributed by atoms with van der Waals surface area (Å²) in [6.07, 6.45) is 2.86. The number of aryl methyl sites for hydroxylation is 1. The largest absolute Gasteiger partial charge is 0.356 e. The summed E-state index contributed by atoms with van der Waals surface area (Å²) in [4.78, 5) is 27.0. The van der Waals surface area contributed by atoms with Crippen molar-refractivity contribution in [2.75, 3.05) is 13.1 Å². The fraction of sp³-hybridized carbons (Fsp3) is 0.667. The van der Waals surface area contributed by atoms with Crippen LogP contribution in [0, 0.1) is 0 Å². The summed E-state index contributed by atoms with van der Waals surface area (Å²) in [6.45, 7) is 4.95. The van der Waals surface area contributed by atoms with E-state index in [4.69, 9.17) is 0 Å². The second-order valence-electron chi connectivity index (χ2n) is 4.21. The monoisotopic (exact) mass is 267 g/mol. The van der Waals surface area contributed by atoms with Crippen LogP contribution in [0.4, 0.5) is 0 Å². The maximum atomic E-state index is 11.7. The van der Waals surface area contributed by atoms with Gasteiger partial charge in [-0.1, -0.05) is 13.8 Å². The second kappa shape index (κ2) is 8.23. The molecule has 0 fully saturated rings. The minimum absolute atomic E-state index is 0.0659. The Morgan fingerprint density at radius 2 is 1.95 bits per heavy atom. The third-order valence-corrected chi connectivity index (χ3v) is 2.43. The van der Waals surface area contributed by atoms with Gasteiger partial charge in [-0.25, -0.2) is 4.98 Å². The number of H-pyrrole nitrogens is 1. The number of rotatable bonds is 8. The number of hydrogen-bond acceptors (Lipinski definition) is 4. The van der Waals surface area contributed by atoms with Gasteiger partial charge in [0.15, 0.2) is 0 Å². The standard InChI is InChI=1S/C12H21N5O2/c1-3-5-9-15-11(17-16-9)12(19)14-8-6-10(18)13-7-4-2/h3-8H2,1-2H3,(H,13,18)(H,14,19)(H,15,16,17). The summed E-state index contributed by atoms with van der Waals surface area (Å²) < 4.78 is 0. The van der Waals surface area contributed by atoms with Gasteiger partial charge in [0.25, 0.3) is 5.91 Å². The third kappa shape index (κ3) is 5.50. The van der Waals surface area contributed by atoms with Crippen LogP contribution in [0.3, 0.4) is 0 Å². The van der Waals surface area contributed by atoms with Crippen LogP contribution in [-0.4, -0.2) is 40.1 Å². The van der Waals surface area contributed by atoms with E-state index < -0.39 is 0 Å². The highest BCUT2D eigenvalue weighted by molar-refractivity contribution is 5.90. The van der Waals surface area contributed by atoms with Gasteiger partial charge in [-0.3, -0.25) is 14.7 Å². The van der Waals surface area contributed by atoms with Crippen LogP contribution >= 0.6 is 0 Å². The molecule has 0 aromatic carbocycles. The van der Waals surface area contributed by atoms with Gasteiger partial charge in [0.2, 0.25) is 11.7 Å². The predicted molar refractivity (Wildman–Crippen MR) is 70.6 cm³/mol. The Bertz CT molecular complexity index is 416. The SMILES string of the molecule is CCCNC(=O)CCNC(=O)c1n[nH]c(CCC)n1. The summed E-state index contributed by atoms with van der Waals surface area (Å²) in [6, 6.07) is 0. The van der Waals surface area contributed by atoms with Crippen LogP contribution in [0.2, 0.25) is 0 Å². The van der Waals surface area contributed by atoms with E-state index in [1.807, 2.05) is 13.8 Å². The molecule has 1 aromatic heterocycles. The van der Waals surface area contributed by atoms with Gasteiger partial charge in [-0.05, 0) is 12.8 Å². The molecule has 2 amide bonds. The van der Waals surface area contributed by atoms with Crippen LogP contribution in [-0.2, 0) is 11.2 Å². The van der Waals surface area contributed by atoms with E-state index in [9.17, 15) is 9.59 Å². The first-order valence-corrected chi connectivity index (χ1v) is 6.63. The molecule has 106 valence electrons. The lowest BCUT2D eigenvalue weighted by Gasteiger charge is -2.03. The highest BCUT2D eigenvalue weighted by atomic mass is 16.2. The van der Waals surface area contributed by atoms with E-state index in [1.165, 1.54) is 0 Å². The van der Waals surface area contributed by atoms with Gasteiger partial charge >= 0.3 is 0 Å². The molecular formula is C12H21N5O2. The Balaban J connectivity index is 2.28. The van der Waals surface area contributed by atoms with Crippen molar-refractivity contribution in [2.45, 2.75) is 39.5 Å². The first kappa shape index (κ1) is 15.1. The van der Waals surface area contributed by atoms with Gasteiger partial charge in [-0.2, -0.15) is 0 Å². The molecule has 19 heavy (non-hydrogen) atoms. The molecule has 7 heteroatoms. The Labute approximate surface area is 112 Å². The number of aromatic amines is 1. The number of aromatic nitrogens is 3. The van der Waals surface area contributed by atoms with E-state index in [0.717, 1.165) is 19.3 Å². The topological polar surface area (TPSA) is 99.8 Å². The van der Waals surface area contributed by atoms with Crippen LogP contribution in [0.5, 0.6) is 0 Å². The lowest BCUT2D eigenvalue weighted by atomic mass is 10.3. The third-order valence-electron chi connectivity index (χ3n) is 2.43.